The van der Waals surface area contributed by atoms with Crippen molar-refractivity contribution in [2.75, 3.05) is 20.7 Å². The maximum Gasteiger partial charge on any atom is 0.194 e. The third-order valence-electron chi connectivity index (χ3n) is 4.29. The molecular formula is C20H32IN5O2. The average molecular weight is 501 g/mol. The molecule has 1 aromatic heterocycles. The number of benzene rings is 1. The van der Waals surface area contributed by atoms with Crippen LogP contribution in [-0.2, 0) is 20.1 Å². The summed E-state index contributed by atoms with van der Waals surface area (Å²) in [6, 6.07) is 5.43. The molecule has 0 atom stereocenters. The lowest BCUT2D eigenvalue weighted by molar-refractivity contribution is 0.370. The van der Waals surface area contributed by atoms with Gasteiger partial charge in [-0.3, -0.25) is 4.68 Å². The number of aromatic hydroxyl groups is 1. The Kier molecular flexibility index (Phi) is 9.57. The summed E-state index contributed by atoms with van der Waals surface area (Å²) in [6.07, 6.45) is 2.06. The van der Waals surface area contributed by atoms with Crippen LogP contribution in [0.2, 0.25) is 0 Å². The molecule has 28 heavy (non-hydrogen) atoms. The second-order valence-corrected chi connectivity index (χ2v) is 6.86. The normalized spacial score (nSPS) is 11.3. The summed E-state index contributed by atoms with van der Waals surface area (Å²) in [6.45, 7) is 8.16. The fourth-order valence-corrected chi connectivity index (χ4v) is 2.98. The Morgan fingerprint density at radius 2 is 2.07 bits per heavy atom. The molecule has 0 aliphatic heterocycles. The van der Waals surface area contributed by atoms with Gasteiger partial charge >= 0.3 is 0 Å². The van der Waals surface area contributed by atoms with E-state index in [4.69, 9.17) is 4.74 Å². The molecule has 0 saturated carbocycles. The first-order valence-corrected chi connectivity index (χ1v) is 9.24. The number of aromatic nitrogens is 2. The molecule has 2 N–H and O–H groups in total. The van der Waals surface area contributed by atoms with Gasteiger partial charge in [-0.2, -0.15) is 5.10 Å². The molecule has 1 aromatic carbocycles. The Morgan fingerprint density at radius 3 is 2.68 bits per heavy atom. The van der Waals surface area contributed by atoms with Crippen LogP contribution in [0.4, 0.5) is 0 Å². The first kappa shape index (κ1) is 24.1. The van der Waals surface area contributed by atoms with Crippen LogP contribution in [0.1, 0.15) is 43.5 Å². The summed E-state index contributed by atoms with van der Waals surface area (Å²) in [5.41, 5.74) is 3.01. The zero-order valence-corrected chi connectivity index (χ0v) is 19.9. The standard InChI is InChI=1S/C20H31N5O2.HI/c1-7-21-20(22-11-15-9-8-10-17(27-6)19(15)26)24(4)12-16-13-25(5)23-18(16)14(2)3;/h8-10,13-14,26H,7,11-12H2,1-6H3,(H,21,22);1H. The van der Waals surface area contributed by atoms with Crippen LogP contribution in [0.25, 0.3) is 0 Å². The molecule has 0 aliphatic rings. The molecule has 0 bridgehead atoms. The third kappa shape index (κ3) is 6.02. The van der Waals surface area contributed by atoms with Gasteiger partial charge in [-0.15, -0.1) is 24.0 Å². The highest BCUT2D eigenvalue weighted by Crippen LogP contribution is 2.29. The Bertz CT molecular complexity index is 789. The fraction of sp³-hybridized carbons (Fsp3) is 0.500. The number of phenols is 1. The van der Waals surface area contributed by atoms with Crippen LogP contribution in [-0.4, -0.2) is 46.4 Å². The lowest BCUT2D eigenvalue weighted by atomic mass is 10.1. The van der Waals surface area contributed by atoms with Crippen LogP contribution in [0.5, 0.6) is 11.5 Å². The number of aryl methyl sites for hydroxylation is 1. The number of phenolic OH excluding ortho intramolecular Hbond substituents is 1. The van der Waals surface area contributed by atoms with Gasteiger partial charge in [0.25, 0.3) is 0 Å². The molecule has 0 saturated heterocycles. The lowest BCUT2D eigenvalue weighted by Gasteiger charge is -2.22. The molecule has 8 heteroatoms. The number of rotatable bonds is 7. The van der Waals surface area contributed by atoms with Gasteiger partial charge in [-0.05, 0) is 18.9 Å². The largest absolute Gasteiger partial charge is 0.504 e. The minimum atomic E-state index is 0. The monoisotopic (exact) mass is 501 g/mol. The van der Waals surface area contributed by atoms with Crippen LogP contribution in [0, 0.1) is 0 Å². The van der Waals surface area contributed by atoms with Crippen molar-refractivity contribution < 1.29 is 9.84 Å². The van der Waals surface area contributed by atoms with Crippen LogP contribution in [0.3, 0.4) is 0 Å². The van der Waals surface area contributed by atoms with Crippen molar-refractivity contribution in [2.24, 2.45) is 12.0 Å². The van der Waals surface area contributed by atoms with Crippen molar-refractivity contribution in [2.45, 2.75) is 39.8 Å². The lowest BCUT2D eigenvalue weighted by Crippen LogP contribution is -2.38. The zero-order chi connectivity index (χ0) is 20.0. The Morgan fingerprint density at radius 1 is 1.36 bits per heavy atom. The van der Waals surface area contributed by atoms with E-state index in [1.165, 1.54) is 5.56 Å². The summed E-state index contributed by atoms with van der Waals surface area (Å²) in [4.78, 5) is 6.76. The van der Waals surface area contributed by atoms with E-state index >= 15 is 0 Å². The molecule has 0 spiro atoms. The minimum absolute atomic E-state index is 0. The van der Waals surface area contributed by atoms with E-state index in [1.54, 1.807) is 13.2 Å². The molecule has 7 nitrogen and oxygen atoms in total. The number of ether oxygens (including phenoxy) is 1. The van der Waals surface area contributed by atoms with E-state index in [0.29, 0.717) is 24.8 Å². The minimum Gasteiger partial charge on any atom is -0.504 e. The molecule has 0 unspecified atom stereocenters. The van der Waals surface area contributed by atoms with E-state index in [-0.39, 0.29) is 29.7 Å². The molecule has 2 aromatic rings. The van der Waals surface area contributed by atoms with Crippen molar-refractivity contribution in [3.05, 3.63) is 41.2 Å². The molecule has 1 heterocycles. The highest BCUT2D eigenvalue weighted by Gasteiger charge is 2.15. The Hall–Kier alpha value is -1.97. The topological polar surface area (TPSA) is 74.9 Å². The van der Waals surface area contributed by atoms with Gasteiger partial charge in [-0.25, -0.2) is 4.99 Å². The molecule has 156 valence electrons. The quantitative estimate of drug-likeness (QED) is 0.345. The summed E-state index contributed by atoms with van der Waals surface area (Å²) in [5, 5.41) is 18.2. The number of hydrogen-bond acceptors (Lipinski definition) is 4. The highest BCUT2D eigenvalue weighted by atomic mass is 127. The predicted octanol–water partition coefficient (Wildman–Crippen LogP) is 3.47. The van der Waals surface area contributed by atoms with E-state index in [9.17, 15) is 5.11 Å². The van der Waals surface area contributed by atoms with Gasteiger partial charge in [0.05, 0.1) is 19.3 Å². The molecule has 0 fully saturated rings. The second-order valence-electron chi connectivity index (χ2n) is 6.86. The number of para-hydroxylation sites is 1. The SMILES string of the molecule is CCNC(=NCc1cccc(OC)c1O)N(C)Cc1cn(C)nc1C(C)C.I. The zero-order valence-electron chi connectivity index (χ0n) is 17.6. The highest BCUT2D eigenvalue weighted by molar-refractivity contribution is 14.0. The number of nitrogens with zero attached hydrogens (tertiary/aromatic N) is 4. The van der Waals surface area contributed by atoms with Crippen LogP contribution in [0.15, 0.2) is 29.4 Å². The smallest absolute Gasteiger partial charge is 0.194 e. The summed E-state index contributed by atoms with van der Waals surface area (Å²) >= 11 is 0. The van der Waals surface area contributed by atoms with Crippen molar-refractivity contribution in [1.29, 1.82) is 0 Å². The Balaban J connectivity index is 0.00000392. The average Bonchev–Trinajstić information content (AvgIpc) is 3.00. The summed E-state index contributed by atoms with van der Waals surface area (Å²) < 4.78 is 7.03. The van der Waals surface area contributed by atoms with E-state index in [0.717, 1.165) is 23.8 Å². The van der Waals surface area contributed by atoms with Crippen molar-refractivity contribution >= 4 is 29.9 Å². The molecule has 0 aliphatic carbocycles. The summed E-state index contributed by atoms with van der Waals surface area (Å²) in [7, 11) is 5.49. The maximum atomic E-state index is 10.3. The van der Waals surface area contributed by atoms with Gasteiger partial charge in [0.15, 0.2) is 17.5 Å². The van der Waals surface area contributed by atoms with Crippen LogP contribution >= 0.6 is 24.0 Å². The molecule has 0 radical (unpaired) electrons. The first-order valence-electron chi connectivity index (χ1n) is 9.24. The van der Waals surface area contributed by atoms with Crippen molar-refractivity contribution in [3.63, 3.8) is 0 Å². The second kappa shape index (κ2) is 11.1. The van der Waals surface area contributed by atoms with Gasteiger partial charge < -0.3 is 20.1 Å². The van der Waals surface area contributed by atoms with Crippen molar-refractivity contribution in [3.8, 4) is 11.5 Å². The number of guanidine groups is 1. The molecule has 0 amide bonds. The van der Waals surface area contributed by atoms with Gasteiger partial charge in [0.2, 0.25) is 0 Å². The maximum absolute atomic E-state index is 10.3. The molecule has 2 rings (SSSR count). The van der Waals surface area contributed by atoms with E-state index < -0.39 is 0 Å². The predicted molar refractivity (Wildman–Crippen MR) is 124 cm³/mol. The van der Waals surface area contributed by atoms with Crippen molar-refractivity contribution in [1.82, 2.24) is 20.0 Å². The number of hydrogen-bond donors (Lipinski definition) is 2. The fourth-order valence-electron chi connectivity index (χ4n) is 2.98. The number of aliphatic imine (C=N–C) groups is 1. The van der Waals surface area contributed by atoms with Gasteiger partial charge in [0, 0.05) is 44.5 Å². The van der Waals surface area contributed by atoms with Gasteiger partial charge in [-0.1, -0.05) is 26.0 Å². The number of methoxy groups -OCH3 is 1. The Labute approximate surface area is 184 Å². The van der Waals surface area contributed by atoms with Crippen LogP contribution < -0.4 is 10.1 Å². The number of nitrogens with one attached hydrogen (secondary N) is 1. The number of halogens is 1. The van der Waals surface area contributed by atoms with Gasteiger partial charge in [0.1, 0.15) is 0 Å². The molecular weight excluding hydrogens is 469 g/mol. The van der Waals surface area contributed by atoms with E-state index in [2.05, 4.69) is 40.4 Å². The first-order chi connectivity index (χ1) is 12.9. The third-order valence-corrected chi connectivity index (χ3v) is 4.29. The summed E-state index contributed by atoms with van der Waals surface area (Å²) in [5.74, 6) is 1.73. The van der Waals surface area contributed by atoms with E-state index in [1.807, 2.05) is 37.8 Å².